The van der Waals surface area contributed by atoms with Gasteiger partial charge in [0.2, 0.25) is 0 Å². The molecular weight excluding hydrogens is 336 g/mol. The van der Waals surface area contributed by atoms with Gasteiger partial charge in [0.05, 0.1) is 6.61 Å². The van der Waals surface area contributed by atoms with Gasteiger partial charge in [0.15, 0.2) is 0 Å². The van der Waals surface area contributed by atoms with Gasteiger partial charge in [0, 0.05) is 17.0 Å². The highest BCUT2D eigenvalue weighted by Gasteiger charge is 2.20. The van der Waals surface area contributed by atoms with Crippen molar-refractivity contribution in [2.24, 2.45) is 0 Å². The molecule has 3 nitrogen and oxygen atoms in total. The van der Waals surface area contributed by atoms with Gasteiger partial charge in [-0.15, -0.1) is 0 Å². The van der Waals surface area contributed by atoms with Crippen LogP contribution >= 0.6 is 11.6 Å². The maximum Gasteiger partial charge on any atom is 0.311 e. The zero-order chi connectivity index (χ0) is 18.4. The third-order valence-electron chi connectivity index (χ3n) is 3.77. The van der Waals surface area contributed by atoms with Crippen molar-refractivity contribution in [1.29, 1.82) is 0 Å². The summed E-state index contributed by atoms with van der Waals surface area (Å²) in [4.78, 5) is 12.1. The topological polar surface area (TPSA) is 35.5 Å². The van der Waals surface area contributed by atoms with Gasteiger partial charge in [-0.25, -0.2) is 0 Å². The van der Waals surface area contributed by atoms with Crippen LogP contribution in [0.25, 0.3) is 0 Å². The Bertz CT molecular complexity index is 715. The Kier molecular flexibility index (Phi) is 6.49. The second kappa shape index (κ2) is 8.39. The first kappa shape index (κ1) is 19.3. The van der Waals surface area contributed by atoms with Gasteiger partial charge in [-0.2, -0.15) is 0 Å². The number of carbonyl (C=O) groups is 1. The number of benzene rings is 2. The molecule has 0 amide bonds. The van der Waals surface area contributed by atoms with Crippen LogP contribution in [0, 0.1) is 6.92 Å². The third-order valence-corrected chi connectivity index (χ3v) is 4.03. The lowest BCUT2D eigenvalue weighted by atomic mass is 9.85. The largest absolute Gasteiger partial charge is 0.494 e. The van der Waals surface area contributed by atoms with Crippen molar-refractivity contribution in [3.05, 3.63) is 58.6 Å². The summed E-state index contributed by atoms with van der Waals surface area (Å²) in [5, 5.41) is 0.670. The first-order valence-corrected chi connectivity index (χ1v) is 8.84. The first-order valence-electron chi connectivity index (χ1n) is 8.46. The summed E-state index contributed by atoms with van der Waals surface area (Å²) < 4.78 is 11.2. The SMILES string of the molecule is Cc1ccc(OC(=O)CCCOc2ccc(Cl)cc2)c(C(C)(C)C)c1. The lowest BCUT2D eigenvalue weighted by Gasteiger charge is -2.22. The quantitative estimate of drug-likeness (QED) is 0.376. The Morgan fingerprint density at radius 2 is 1.76 bits per heavy atom. The van der Waals surface area contributed by atoms with Crippen molar-refractivity contribution in [1.82, 2.24) is 0 Å². The van der Waals surface area contributed by atoms with E-state index >= 15 is 0 Å². The number of esters is 1. The van der Waals surface area contributed by atoms with E-state index in [1.165, 1.54) is 0 Å². The average Bonchev–Trinajstić information content (AvgIpc) is 2.54. The second-order valence-electron chi connectivity index (χ2n) is 7.13. The van der Waals surface area contributed by atoms with E-state index in [1.54, 1.807) is 12.1 Å². The molecule has 4 heteroatoms. The highest BCUT2D eigenvalue weighted by molar-refractivity contribution is 6.30. The predicted molar refractivity (Wildman–Crippen MR) is 102 cm³/mol. The van der Waals surface area contributed by atoms with Crippen LogP contribution in [0.2, 0.25) is 5.02 Å². The molecule has 0 saturated heterocycles. The number of aryl methyl sites for hydroxylation is 1. The zero-order valence-corrected chi connectivity index (χ0v) is 16.0. The first-order chi connectivity index (χ1) is 11.8. The molecular formula is C21H25ClO3. The number of hydrogen-bond acceptors (Lipinski definition) is 3. The number of rotatable bonds is 6. The molecule has 2 aromatic carbocycles. The Balaban J connectivity index is 1.85. The Morgan fingerprint density at radius 3 is 2.40 bits per heavy atom. The molecule has 0 aromatic heterocycles. The van der Waals surface area contributed by atoms with Gasteiger partial charge in [-0.3, -0.25) is 4.79 Å². The molecule has 0 atom stereocenters. The van der Waals surface area contributed by atoms with E-state index in [9.17, 15) is 4.79 Å². The molecule has 0 heterocycles. The van der Waals surface area contributed by atoms with Gasteiger partial charge in [-0.05, 0) is 49.1 Å². The van der Waals surface area contributed by atoms with Crippen LogP contribution in [0.4, 0.5) is 0 Å². The van der Waals surface area contributed by atoms with Gasteiger partial charge in [-0.1, -0.05) is 50.1 Å². The fraction of sp³-hybridized carbons (Fsp3) is 0.381. The molecule has 0 N–H and O–H groups in total. The Labute approximate surface area is 154 Å². The van der Waals surface area contributed by atoms with Gasteiger partial charge in [0.25, 0.3) is 0 Å². The molecule has 0 saturated carbocycles. The molecule has 134 valence electrons. The van der Waals surface area contributed by atoms with Crippen molar-refractivity contribution in [3.8, 4) is 11.5 Å². The van der Waals surface area contributed by atoms with Crippen molar-refractivity contribution < 1.29 is 14.3 Å². The van der Waals surface area contributed by atoms with Gasteiger partial charge < -0.3 is 9.47 Å². The van der Waals surface area contributed by atoms with Gasteiger partial charge >= 0.3 is 5.97 Å². The normalized spacial score (nSPS) is 11.2. The fourth-order valence-corrected chi connectivity index (χ4v) is 2.56. The van der Waals surface area contributed by atoms with E-state index in [4.69, 9.17) is 21.1 Å². The third kappa shape index (κ3) is 6.09. The zero-order valence-electron chi connectivity index (χ0n) is 15.3. The van der Waals surface area contributed by atoms with Crippen molar-refractivity contribution >= 4 is 17.6 Å². The lowest BCUT2D eigenvalue weighted by molar-refractivity contribution is -0.134. The van der Waals surface area contributed by atoms with Crippen LogP contribution in [0.3, 0.4) is 0 Å². The standard InChI is InChI=1S/C21H25ClO3/c1-15-7-12-19(18(14-15)21(2,3)4)25-20(23)6-5-13-24-17-10-8-16(22)9-11-17/h7-12,14H,5-6,13H2,1-4H3. The molecule has 0 fully saturated rings. The number of ether oxygens (including phenoxy) is 2. The molecule has 0 spiro atoms. The maximum absolute atomic E-state index is 12.1. The van der Waals surface area contributed by atoms with Crippen LogP contribution in [0.5, 0.6) is 11.5 Å². The number of hydrogen-bond donors (Lipinski definition) is 0. The van der Waals surface area contributed by atoms with E-state index in [-0.39, 0.29) is 11.4 Å². The molecule has 25 heavy (non-hydrogen) atoms. The summed E-state index contributed by atoms with van der Waals surface area (Å²) in [6.07, 6.45) is 0.906. The van der Waals surface area contributed by atoms with Crippen molar-refractivity contribution in [3.63, 3.8) is 0 Å². The Morgan fingerprint density at radius 1 is 1.08 bits per heavy atom. The van der Waals surface area contributed by atoms with Crippen LogP contribution in [0.1, 0.15) is 44.7 Å². The maximum atomic E-state index is 12.1. The smallest absolute Gasteiger partial charge is 0.311 e. The predicted octanol–water partition coefficient (Wildman–Crippen LogP) is 5.71. The van der Waals surface area contributed by atoms with E-state index in [0.717, 1.165) is 16.9 Å². The molecule has 0 unspecified atom stereocenters. The molecule has 0 radical (unpaired) electrons. The molecule has 0 bridgehead atoms. The van der Waals surface area contributed by atoms with E-state index in [2.05, 4.69) is 26.8 Å². The Hall–Kier alpha value is -2.00. The summed E-state index contributed by atoms with van der Waals surface area (Å²) in [7, 11) is 0. The monoisotopic (exact) mass is 360 g/mol. The van der Waals surface area contributed by atoms with Crippen LogP contribution in [-0.2, 0) is 10.2 Å². The highest BCUT2D eigenvalue weighted by Crippen LogP contribution is 2.32. The van der Waals surface area contributed by atoms with E-state index in [1.807, 2.05) is 31.2 Å². The molecule has 2 aromatic rings. The van der Waals surface area contributed by atoms with Crippen LogP contribution in [-0.4, -0.2) is 12.6 Å². The summed E-state index contributed by atoms with van der Waals surface area (Å²) >= 11 is 5.83. The lowest BCUT2D eigenvalue weighted by Crippen LogP contribution is -2.17. The summed E-state index contributed by atoms with van der Waals surface area (Å²) in [6, 6.07) is 13.1. The van der Waals surface area contributed by atoms with E-state index in [0.29, 0.717) is 30.2 Å². The second-order valence-corrected chi connectivity index (χ2v) is 7.57. The minimum Gasteiger partial charge on any atom is -0.494 e. The number of halogens is 1. The van der Waals surface area contributed by atoms with Crippen molar-refractivity contribution in [2.45, 2.75) is 46.0 Å². The fourth-order valence-electron chi connectivity index (χ4n) is 2.43. The van der Waals surface area contributed by atoms with Gasteiger partial charge in [0.1, 0.15) is 11.5 Å². The summed E-state index contributed by atoms with van der Waals surface area (Å²) in [6.45, 7) is 8.82. The van der Waals surface area contributed by atoms with E-state index < -0.39 is 0 Å². The summed E-state index contributed by atoms with van der Waals surface area (Å²) in [5.41, 5.74) is 2.11. The average molecular weight is 361 g/mol. The molecule has 0 aliphatic rings. The molecule has 2 rings (SSSR count). The molecule has 0 aliphatic heterocycles. The summed E-state index contributed by atoms with van der Waals surface area (Å²) in [5.74, 6) is 1.14. The highest BCUT2D eigenvalue weighted by atomic mass is 35.5. The van der Waals surface area contributed by atoms with Crippen LogP contribution < -0.4 is 9.47 Å². The minimum absolute atomic E-state index is 0.0840. The van der Waals surface area contributed by atoms with Crippen molar-refractivity contribution in [2.75, 3.05) is 6.61 Å². The molecule has 0 aliphatic carbocycles. The number of carbonyl (C=O) groups excluding carboxylic acids is 1. The van der Waals surface area contributed by atoms with Crippen LogP contribution in [0.15, 0.2) is 42.5 Å². The minimum atomic E-state index is -0.242.